The van der Waals surface area contributed by atoms with E-state index in [2.05, 4.69) is 0 Å². The fraction of sp³-hybridized carbons (Fsp3) is 0.350. The lowest BCUT2D eigenvalue weighted by Crippen LogP contribution is -2.24. The molecule has 3 rings (SSSR count). The van der Waals surface area contributed by atoms with E-state index in [1.54, 1.807) is 26.4 Å². The highest BCUT2D eigenvalue weighted by Gasteiger charge is 2.33. The SMILES string of the molecule is COc1ccc(OC)c([C@@H]2CCCN2c2ccc(C(C)=O)cc2[N+](=O)[O-])c1. The van der Waals surface area contributed by atoms with Crippen LogP contribution in [0, 0.1) is 10.1 Å². The van der Waals surface area contributed by atoms with E-state index in [1.807, 2.05) is 23.1 Å². The molecule has 7 nitrogen and oxygen atoms in total. The summed E-state index contributed by atoms with van der Waals surface area (Å²) in [6.45, 7) is 2.09. The molecule has 0 spiro atoms. The number of hydrogen-bond acceptors (Lipinski definition) is 6. The number of carbonyl (C=O) groups is 1. The van der Waals surface area contributed by atoms with Crippen molar-refractivity contribution in [3.8, 4) is 11.5 Å². The van der Waals surface area contributed by atoms with E-state index < -0.39 is 4.92 Å². The fourth-order valence-corrected chi connectivity index (χ4v) is 3.61. The molecule has 1 aliphatic rings. The van der Waals surface area contributed by atoms with Gasteiger partial charge in [-0.05, 0) is 50.1 Å². The first kappa shape index (κ1) is 18.7. The average molecular weight is 370 g/mol. The predicted molar refractivity (Wildman–Crippen MR) is 102 cm³/mol. The van der Waals surface area contributed by atoms with E-state index in [-0.39, 0.29) is 17.5 Å². The maximum absolute atomic E-state index is 11.6. The van der Waals surface area contributed by atoms with Crippen LogP contribution < -0.4 is 14.4 Å². The van der Waals surface area contributed by atoms with Crippen LogP contribution in [0.4, 0.5) is 11.4 Å². The van der Waals surface area contributed by atoms with Crippen molar-refractivity contribution in [2.75, 3.05) is 25.7 Å². The lowest BCUT2D eigenvalue weighted by Gasteiger charge is -2.28. The van der Waals surface area contributed by atoms with Crippen molar-refractivity contribution < 1.29 is 19.2 Å². The molecule has 27 heavy (non-hydrogen) atoms. The second-order valence-corrected chi connectivity index (χ2v) is 6.48. The summed E-state index contributed by atoms with van der Waals surface area (Å²) in [5.74, 6) is 1.23. The molecule has 0 aliphatic carbocycles. The number of nitrogens with zero attached hydrogens (tertiary/aromatic N) is 2. The smallest absolute Gasteiger partial charge is 0.293 e. The number of nitro benzene ring substituents is 1. The molecule has 2 aromatic rings. The van der Waals surface area contributed by atoms with Crippen molar-refractivity contribution in [1.29, 1.82) is 0 Å². The molecule has 0 amide bonds. The number of ether oxygens (including phenoxy) is 2. The van der Waals surface area contributed by atoms with Crippen molar-refractivity contribution >= 4 is 17.2 Å². The lowest BCUT2D eigenvalue weighted by atomic mass is 10.0. The van der Waals surface area contributed by atoms with Crippen molar-refractivity contribution in [3.63, 3.8) is 0 Å². The summed E-state index contributed by atoms with van der Waals surface area (Å²) >= 11 is 0. The number of benzene rings is 2. The van der Waals surface area contributed by atoms with Gasteiger partial charge in [0.05, 0.1) is 25.2 Å². The van der Waals surface area contributed by atoms with Gasteiger partial charge in [-0.25, -0.2) is 0 Å². The van der Waals surface area contributed by atoms with Crippen LogP contribution in [0.3, 0.4) is 0 Å². The van der Waals surface area contributed by atoms with Gasteiger partial charge >= 0.3 is 0 Å². The van der Waals surface area contributed by atoms with E-state index in [4.69, 9.17) is 9.47 Å². The summed E-state index contributed by atoms with van der Waals surface area (Å²) in [5, 5.41) is 11.6. The van der Waals surface area contributed by atoms with Gasteiger partial charge in [-0.2, -0.15) is 0 Å². The number of Topliss-reactive ketones (excluding diaryl/α,β-unsaturated/α-hetero) is 1. The molecule has 1 fully saturated rings. The Balaban J connectivity index is 2.08. The van der Waals surface area contributed by atoms with Gasteiger partial charge in [0.2, 0.25) is 0 Å². The summed E-state index contributed by atoms with van der Waals surface area (Å²) in [6.07, 6.45) is 1.74. The zero-order valence-electron chi connectivity index (χ0n) is 15.6. The van der Waals surface area contributed by atoms with Crippen molar-refractivity contribution in [1.82, 2.24) is 0 Å². The normalized spacial score (nSPS) is 16.3. The summed E-state index contributed by atoms with van der Waals surface area (Å²) in [6, 6.07) is 10.2. The summed E-state index contributed by atoms with van der Waals surface area (Å²) in [7, 11) is 3.21. The van der Waals surface area contributed by atoms with E-state index >= 15 is 0 Å². The standard InChI is InChI=1S/C20H22N2O5/c1-13(23)14-6-8-18(19(11-14)22(24)25)21-10-4-5-17(21)16-12-15(26-2)7-9-20(16)27-3/h6-9,11-12,17H,4-5,10H2,1-3H3/t17-/m0/s1. The second kappa shape index (κ2) is 7.65. The Morgan fingerprint density at radius 3 is 2.59 bits per heavy atom. The van der Waals surface area contributed by atoms with Crippen molar-refractivity contribution in [2.24, 2.45) is 0 Å². The second-order valence-electron chi connectivity index (χ2n) is 6.48. The number of nitro groups is 1. The quantitative estimate of drug-likeness (QED) is 0.431. The monoisotopic (exact) mass is 370 g/mol. The lowest BCUT2D eigenvalue weighted by molar-refractivity contribution is -0.384. The molecule has 1 atom stereocenters. The van der Waals surface area contributed by atoms with Crippen LogP contribution in [0.25, 0.3) is 0 Å². The van der Waals surface area contributed by atoms with Crippen molar-refractivity contribution in [2.45, 2.75) is 25.8 Å². The van der Waals surface area contributed by atoms with Gasteiger partial charge in [0.1, 0.15) is 17.2 Å². The van der Waals surface area contributed by atoms with Crippen LogP contribution in [0.15, 0.2) is 36.4 Å². The molecular weight excluding hydrogens is 348 g/mol. The maximum Gasteiger partial charge on any atom is 0.293 e. The number of methoxy groups -OCH3 is 2. The van der Waals surface area contributed by atoms with Crippen LogP contribution in [0.2, 0.25) is 0 Å². The Morgan fingerprint density at radius 1 is 1.19 bits per heavy atom. The topological polar surface area (TPSA) is 81.9 Å². The van der Waals surface area contributed by atoms with Crippen LogP contribution in [-0.2, 0) is 0 Å². The highest BCUT2D eigenvalue weighted by Crippen LogP contribution is 2.44. The molecule has 0 radical (unpaired) electrons. The van der Waals surface area contributed by atoms with E-state index in [0.717, 1.165) is 24.2 Å². The maximum atomic E-state index is 11.6. The molecule has 0 bridgehead atoms. The summed E-state index contributed by atoms with van der Waals surface area (Å²) in [5.41, 5.74) is 1.72. The third-order valence-corrected chi connectivity index (χ3v) is 4.94. The molecule has 1 heterocycles. The molecule has 0 aromatic heterocycles. The van der Waals surface area contributed by atoms with Crippen LogP contribution in [-0.4, -0.2) is 31.5 Å². The van der Waals surface area contributed by atoms with Gasteiger partial charge in [-0.15, -0.1) is 0 Å². The Bertz CT molecular complexity index is 881. The predicted octanol–water partition coefficient (Wildman–Crippen LogP) is 4.16. The minimum atomic E-state index is -0.431. The van der Waals surface area contributed by atoms with Gasteiger partial charge in [-0.3, -0.25) is 14.9 Å². The highest BCUT2D eigenvalue weighted by molar-refractivity contribution is 5.95. The molecule has 0 unspecified atom stereocenters. The summed E-state index contributed by atoms with van der Waals surface area (Å²) < 4.78 is 10.8. The zero-order valence-corrected chi connectivity index (χ0v) is 15.6. The summed E-state index contributed by atoms with van der Waals surface area (Å²) in [4.78, 5) is 24.9. The van der Waals surface area contributed by atoms with Gasteiger partial charge < -0.3 is 14.4 Å². The number of anilines is 1. The van der Waals surface area contributed by atoms with E-state index in [9.17, 15) is 14.9 Å². The Labute approximate surface area is 157 Å². The van der Waals surface area contributed by atoms with Crippen LogP contribution in [0.5, 0.6) is 11.5 Å². The molecule has 7 heteroatoms. The minimum absolute atomic E-state index is 0.0588. The fourth-order valence-electron chi connectivity index (χ4n) is 3.61. The number of hydrogen-bond donors (Lipinski definition) is 0. The largest absolute Gasteiger partial charge is 0.497 e. The Kier molecular flexibility index (Phi) is 5.30. The van der Waals surface area contributed by atoms with Gasteiger partial charge in [0.25, 0.3) is 5.69 Å². The molecule has 0 N–H and O–H groups in total. The molecule has 142 valence electrons. The molecule has 0 saturated carbocycles. The first-order chi connectivity index (χ1) is 13.0. The van der Waals surface area contributed by atoms with Crippen LogP contribution >= 0.6 is 0 Å². The van der Waals surface area contributed by atoms with Gasteiger partial charge in [0, 0.05) is 23.7 Å². The van der Waals surface area contributed by atoms with E-state index in [0.29, 0.717) is 23.5 Å². The number of rotatable bonds is 6. The van der Waals surface area contributed by atoms with Crippen LogP contribution in [0.1, 0.15) is 41.7 Å². The number of ketones is 1. The van der Waals surface area contributed by atoms with Gasteiger partial charge in [-0.1, -0.05) is 0 Å². The van der Waals surface area contributed by atoms with E-state index in [1.165, 1.54) is 13.0 Å². The first-order valence-corrected chi connectivity index (χ1v) is 8.74. The molecule has 1 aliphatic heterocycles. The third kappa shape index (κ3) is 3.58. The molecular formula is C20H22N2O5. The molecule has 2 aromatic carbocycles. The third-order valence-electron chi connectivity index (χ3n) is 4.94. The highest BCUT2D eigenvalue weighted by atomic mass is 16.6. The number of carbonyl (C=O) groups excluding carboxylic acids is 1. The van der Waals surface area contributed by atoms with Gasteiger partial charge in [0.15, 0.2) is 5.78 Å². The first-order valence-electron chi connectivity index (χ1n) is 8.74. The minimum Gasteiger partial charge on any atom is -0.497 e. The molecule has 1 saturated heterocycles. The van der Waals surface area contributed by atoms with Crippen molar-refractivity contribution in [3.05, 3.63) is 57.6 Å². The average Bonchev–Trinajstić information content (AvgIpc) is 3.16. The Hall–Kier alpha value is -3.09. The zero-order chi connectivity index (χ0) is 19.6. The Morgan fingerprint density at radius 2 is 1.96 bits per heavy atom.